The number of likely N-dealkylation sites (tertiary alicyclic amines) is 1. The highest BCUT2D eigenvalue weighted by Gasteiger charge is 2.38. The average Bonchev–Trinajstić information content (AvgIpc) is 3.22. The largest absolute Gasteiger partial charge is 0.435 e. The van der Waals surface area contributed by atoms with E-state index < -0.39 is 11.9 Å². The molecule has 1 amide bonds. The third-order valence-electron chi connectivity index (χ3n) is 5.34. The lowest BCUT2D eigenvalue weighted by Crippen LogP contribution is -2.44. The van der Waals surface area contributed by atoms with Gasteiger partial charge in [0.25, 0.3) is 0 Å². The van der Waals surface area contributed by atoms with Gasteiger partial charge in [-0.15, -0.1) is 0 Å². The number of aromatic amines is 1. The van der Waals surface area contributed by atoms with Gasteiger partial charge in [0.2, 0.25) is 5.91 Å². The molecule has 3 N–H and O–H groups in total. The molecule has 5 nitrogen and oxygen atoms in total. The standard InChI is InChI=1S/C16H23F3N4O/c17-16(18,19)14-7-13(21-22-14)11-4-2-6-23(9-11)15(24)12-5-1-3-10(12)8-20/h7,10-12H,1-6,8-9,20H2,(H,21,22)/t10-,11?,12-/m1/s1. The Morgan fingerprint density at radius 2 is 2.12 bits per heavy atom. The predicted molar refractivity (Wildman–Crippen MR) is 82.0 cm³/mol. The number of rotatable bonds is 3. The van der Waals surface area contributed by atoms with E-state index in [0.717, 1.165) is 38.2 Å². The van der Waals surface area contributed by atoms with Gasteiger partial charge in [0.05, 0.1) is 0 Å². The highest BCUT2D eigenvalue weighted by Crippen LogP contribution is 2.35. The summed E-state index contributed by atoms with van der Waals surface area (Å²) in [5.41, 5.74) is 5.32. The first-order valence-electron chi connectivity index (χ1n) is 8.51. The van der Waals surface area contributed by atoms with Crippen LogP contribution in [-0.4, -0.2) is 40.6 Å². The molecule has 1 aliphatic carbocycles. The van der Waals surface area contributed by atoms with Crippen LogP contribution in [-0.2, 0) is 11.0 Å². The fourth-order valence-electron chi connectivity index (χ4n) is 4.00. The van der Waals surface area contributed by atoms with Gasteiger partial charge in [0, 0.05) is 30.6 Å². The van der Waals surface area contributed by atoms with E-state index in [2.05, 4.69) is 10.2 Å². The van der Waals surface area contributed by atoms with Crippen molar-refractivity contribution in [2.75, 3.05) is 19.6 Å². The lowest BCUT2D eigenvalue weighted by molar-refractivity contribution is -0.141. The van der Waals surface area contributed by atoms with E-state index in [0.29, 0.717) is 25.3 Å². The van der Waals surface area contributed by atoms with E-state index in [1.165, 1.54) is 0 Å². The van der Waals surface area contributed by atoms with Gasteiger partial charge in [0.1, 0.15) is 0 Å². The molecule has 8 heteroatoms. The third kappa shape index (κ3) is 3.43. The number of hydrogen-bond donors (Lipinski definition) is 2. The normalized spacial score (nSPS) is 28.3. The van der Waals surface area contributed by atoms with Crippen LogP contribution in [0.2, 0.25) is 0 Å². The van der Waals surface area contributed by atoms with Crippen LogP contribution in [0.4, 0.5) is 13.2 Å². The first-order chi connectivity index (χ1) is 11.4. The van der Waals surface area contributed by atoms with Crippen molar-refractivity contribution in [1.29, 1.82) is 0 Å². The summed E-state index contributed by atoms with van der Waals surface area (Å²) in [6.07, 6.45) is -0.0307. The van der Waals surface area contributed by atoms with Crippen molar-refractivity contribution in [2.45, 2.75) is 44.2 Å². The fourth-order valence-corrected chi connectivity index (χ4v) is 4.00. The maximum absolute atomic E-state index is 12.8. The maximum atomic E-state index is 12.8. The molecule has 24 heavy (non-hydrogen) atoms. The molecule has 2 heterocycles. The molecule has 1 aromatic heterocycles. The molecular weight excluding hydrogens is 321 g/mol. The van der Waals surface area contributed by atoms with Crippen molar-refractivity contribution < 1.29 is 18.0 Å². The van der Waals surface area contributed by atoms with Crippen molar-refractivity contribution in [3.8, 4) is 0 Å². The van der Waals surface area contributed by atoms with Gasteiger partial charge in [-0.25, -0.2) is 0 Å². The van der Waals surface area contributed by atoms with Gasteiger partial charge in [-0.1, -0.05) is 6.42 Å². The van der Waals surface area contributed by atoms with Crippen molar-refractivity contribution in [3.63, 3.8) is 0 Å². The Morgan fingerprint density at radius 1 is 1.33 bits per heavy atom. The van der Waals surface area contributed by atoms with E-state index in [4.69, 9.17) is 5.73 Å². The van der Waals surface area contributed by atoms with Crippen molar-refractivity contribution in [2.24, 2.45) is 17.6 Å². The Balaban J connectivity index is 1.68. The third-order valence-corrected chi connectivity index (χ3v) is 5.34. The van der Waals surface area contributed by atoms with E-state index in [-0.39, 0.29) is 23.7 Å². The van der Waals surface area contributed by atoms with Crippen LogP contribution >= 0.6 is 0 Å². The maximum Gasteiger partial charge on any atom is 0.435 e. The SMILES string of the molecule is NC[C@H]1CCC[C@H]1C(=O)N1CCCC(c2cc(C(F)(F)F)n[nH]2)C1. The van der Waals surface area contributed by atoms with E-state index in [1.54, 1.807) is 4.90 Å². The predicted octanol–water partition coefficient (Wildman–Crippen LogP) is 2.51. The first-order valence-corrected chi connectivity index (χ1v) is 8.51. The Bertz CT molecular complexity index is 586. The first kappa shape index (κ1) is 17.3. The van der Waals surface area contributed by atoms with Crippen molar-refractivity contribution in [1.82, 2.24) is 15.1 Å². The summed E-state index contributed by atoms with van der Waals surface area (Å²) in [7, 11) is 0. The average molecular weight is 344 g/mol. The molecule has 0 bridgehead atoms. The van der Waals surface area contributed by atoms with E-state index in [1.807, 2.05) is 0 Å². The number of amides is 1. The van der Waals surface area contributed by atoms with Gasteiger partial charge < -0.3 is 10.6 Å². The fraction of sp³-hybridized carbons (Fsp3) is 0.750. The van der Waals surface area contributed by atoms with Gasteiger partial charge in [-0.3, -0.25) is 9.89 Å². The smallest absolute Gasteiger partial charge is 0.342 e. The zero-order valence-corrected chi connectivity index (χ0v) is 13.5. The summed E-state index contributed by atoms with van der Waals surface area (Å²) in [6, 6.07) is 1.07. The number of nitrogens with one attached hydrogen (secondary N) is 1. The zero-order valence-electron chi connectivity index (χ0n) is 13.5. The minimum absolute atomic E-state index is 0.0266. The number of aromatic nitrogens is 2. The van der Waals surface area contributed by atoms with Crippen LogP contribution in [0, 0.1) is 11.8 Å². The molecule has 1 aromatic rings. The number of hydrogen-bond acceptors (Lipinski definition) is 3. The Morgan fingerprint density at radius 3 is 2.79 bits per heavy atom. The Hall–Kier alpha value is -1.57. The minimum atomic E-state index is -4.45. The molecule has 3 atom stereocenters. The second-order valence-corrected chi connectivity index (χ2v) is 6.86. The lowest BCUT2D eigenvalue weighted by atomic mass is 9.90. The second kappa shape index (κ2) is 6.74. The monoisotopic (exact) mass is 344 g/mol. The molecule has 1 saturated heterocycles. The zero-order chi connectivity index (χ0) is 17.3. The number of piperidine rings is 1. The van der Waals surface area contributed by atoms with Crippen LogP contribution in [0.1, 0.15) is 49.4 Å². The van der Waals surface area contributed by atoms with Gasteiger partial charge in [-0.05, 0) is 44.2 Å². The summed E-state index contributed by atoms with van der Waals surface area (Å²) in [5.74, 6) is 0.204. The molecule has 1 saturated carbocycles. The number of nitrogens with two attached hydrogens (primary N) is 1. The molecule has 2 fully saturated rings. The molecule has 1 unspecified atom stereocenters. The molecular formula is C16H23F3N4O. The summed E-state index contributed by atoms with van der Waals surface area (Å²) >= 11 is 0. The highest BCUT2D eigenvalue weighted by molar-refractivity contribution is 5.79. The number of H-pyrrole nitrogens is 1. The molecule has 0 radical (unpaired) electrons. The topological polar surface area (TPSA) is 75.0 Å². The molecule has 1 aliphatic heterocycles. The van der Waals surface area contributed by atoms with Gasteiger partial charge in [0.15, 0.2) is 5.69 Å². The van der Waals surface area contributed by atoms with E-state index in [9.17, 15) is 18.0 Å². The molecule has 0 aromatic carbocycles. The number of nitrogens with zero attached hydrogens (tertiary/aromatic N) is 2. The molecule has 3 rings (SSSR count). The molecule has 2 aliphatic rings. The van der Waals surface area contributed by atoms with Crippen LogP contribution in [0.25, 0.3) is 0 Å². The van der Waals surface area contributed by atoms with Crippen LogP contribution in [0.15, 0.2) is 6.07 Å². The van der Waals surface area contributed by atoms with Crippen LogP contribution in [0.3, 0.4) is 0 Å². The van der Waals surface area contributed by atoms with Crippen molar-refractivity contribution >= 4 is 5.91 Å². The highest BCUT2D eigenvalue weighted by atomic mass is 19.4. The minimum Gasteiger partial charge on any atom is -0.342 e. The lowest BCUT2D eigenvalue weighted by Gasteiger charge is -2.35. The quantitative estimate of drug-likeness (QED) is 0.885. The number of halogens is 3. The summed E-state index contributed by atoms with van der Waals surface area (Å²) in [6.45, 7) is 1.64. The molecule has 0 spiro atoms. The number of carbonyl (C=O) groups excluding carboxylic acids is 1. The molecule has 134 valence electrons. The van der Waals surface area contributed by atoms with Gasteiger partial charge in [-0.2, -0.15) is 18.3 Å². The van der Waals surface area contributed by atoms with E-state index >= 15 is 0 Å². The Kier molecular flexibility index (Phi) is 4.85. The van der Waals surface area contributed by atoms with Gasteiger partial charge >= 0.3 is 6.18 Å². The van der Waals surface area contributed by atoms with Crippen LogP contribution < -0.4 is 5.73 Å². The summed E-state index contributed by atoms with van der Waals surface area (Å²) in [4.78, 5) is 14.6. The Labute approximate surface area is 138 Å². The second-order valence-electron chi connectivity index (χ2n) is 6.86. The van der Waals surface area contributed by atoms with Crippen molar-refractivity contribution in [3.05, 3.63) is 17.5 Å². The number of alkyl halides is 3. The van der Waals surface area contributed by atoms with Crippen LogP contribution in [0.5, 0.6) is 0 Å². The summed E-state index contributed by atoms with van der Waals surface area (Å²) < 4.78 is 38.1. The summed E-state index contributed by atoms with van der Waals surface area (Å²) in [5, 5.41) is 5.87. The number of carbonyl (C=O) groups is 1.